The minimum absolute atomic E-state index is 0.0303. The highest BCUT2D eigenvalue weighted by molar-refractivity contribution is 6.07. The lowest BCUT2D eigenvalue weighted by molar-refractivity contribution is -0.125. The zero-order chi connectivity index (χ0) is 19.4. The highest BCUT2D eigenvalue weighted by atomic mass is 16.6. The number of nitrogens with zero attached hydrogens (tertiary/aromatic N) is 1. The van der Waals surface area contributed by atoms with Crippen molar-refractivity contribution in [2.45, 2.75) is 19.4 Å². The Morgan fingerprint density at radius 2 is 1.85 bits per heavy atom. The molecule has 0 aliphatic carbocycles. The Morgan fingerprint density at radius 3 is 2.48 bits per heavy atom. The number of methoxy groups -OCH3 is 2. The van der Waals surface area contributed by atoms with Gasteiger partial charge in [-0.2, -0.15) is 0 Å². The molecule has 140 valence electrons. The molecule has 0 aromatic heterocycles. The molecule has 0 spiro atoms. The van der Waals surface area contributed by atoms with Crippen LogP contribution in [-0.4, -0.2) is 37.7 Å². The second-order valence-electron chi connectivity index (χ2n) is 6.03. The summed E-state index contributed by atoms with van der Waals surface area (Å²) in [4.78, 5) is 29.1. The zero-order valence-electron chi connectivity index (χ0n) is 15.3. The van der Waals surface area contributed by atoms with Crippen molar-refractivity contribution in [2.75, 3.05) is 19.5 Å². The van der Waals surface area contributed by atoms with Gasteiger partial charge in [0.15, 0.2) is 5.78 Å². The molecule has 1 unspecified atom stereocenters. The first kappa shape index (κ1) is 18.4. The van der Waals surface area contributed by atoms with E-state index < -0.39 is 6.10 Å². The second-order valence-corrected chi connectivity index (χ2v) is 6.03. The number of rotatable bonds is 6. The number of carbonyl (C=O) groups is 2. The van der Waals surface area contributed by atoms with E-state index in [-0.39, 0.29) is 11.7 Å². The van der Waals surface area contributed by atoms with Gasteiger partial charge < -0.3 is 19.6 Å². The summed E-state index contributed by atoms with van der Waals surface area (Å²) < 4.78 is 10.6. The van der Waals surface area contributed by atoms with E-state index in [1.165, 1.54) is 6.92 Å². The molecule has 2 aromatic carbocycles. The fourth-order valence-electron chi connectivity index (χ4n) is 2.73. The summed E-state index contributed by atoms with van der Waals surface area (Å²) in [5, 5.41) is 6.82. The number of ether oxygens (including phenoxy) is 2. The number of anilines is 1. The Bertz CT molecular complexity index is 890. The van der Waals surface area contributed by atoms with Crippen LogP contribution in [0.15, 0.2) is 47.6 Å². The number of hydrogen-bond acceptors (Lipinski definition) is 6. The molecule has 0 radical (unpaired) electrons. The maximum atomic E-state index is 12.5. The van der Waals surface area contributed by atoms with Gasteiger partial charge in [-0.25, -0.2) is 0 Å². The van der Waals surface area contributed by atoms with E-state index in [0.717, 1.165) is 5.56 Å². The normalized spacial score (nSPS) is 15.5. The van der Waals surface area contributed by atoms with Crippen LogP contribution in [0.3, 0.4) is 0 Å². The molecule has 7 nitrogen and oxygen atoms in total. The van der Waals surface area contributed by atoms with E-state index in [2.05, 4.69) is 10.5 Å². The number of Topliss-reactive ketones (excluding diaryl/α,β-unsaturated/α-hetero) is 1. The van der Waals surface area contributed by atoms with Crippen molar-refractivity contribution >= 4 is 23.1 Å². The minimum atomic E-state index is -0.747. The van der Waals surface area contributed by atoms with Gasteiger partial charge in [0, 0.05) is 23.2 Å². The highest BCUT2D eigenvalue weighted by Gasteiger charge is 2.30. The molecule has 27 heavy (non-hydrogen) atoms. The summed E-state index contributed by atoms with van der Waals surface area (Å²) in [5.41, 5.74) is 2.50. The van der Waals surface area contributed by atoms with Crippen LogP contribution in [-0.2, 0) is 9.63 Å². The van der Waals surface area contributed by atoms with Crippen LogP contribution < -0.4 is 14.8 Å². The summed E-state index contributed by atoms with van der Waals surface area (Å²) in [6, 6.07) is 12.0. The van der Waals surface area contributed by atoms with E-state index in [1.54, 1.807) is 56.7 Å². The van der Waals surface area contributed by atoms with Gasteiger partial charge in [0.1, 0.15) is 11.5 Å². The van der Waals surface area contributed by atoms with E-state index in [0.29, 0.717) is 34.9 Å². The van der Waals surface area contributed by atoms with E-state index in [4.69, 9.17) is 14.3 Å². The molecule has 1 atom stereocenters. The summed E-state index contributed by atoms with van der Waals surface area (Å²) in [6.07, 6.45) is -0.440. The van der Waals surface area contributed by atoms with Crippen LogP contribution in [0.5, 0.6) is 11.5 Å². The molecule has 1 heterocycles. The quantitative estimate of drug-likeness (QED) is 0.792. The largest absolute Gasteiger partial charge is 0.497 e. The number of oxime groups is 1. The molecule has 0 fully saturated rings. The third-order valence-electron chi connectivity index (χ3n) is 4.24. The molecule has 2 aromatic rings. The lowest BCUT2D eigenvalue weighted by atomic mass is 10.0. The van der Waals surface area contributed by atoms with Gasteiger partial charge in [0.2, 0.25) is 6.10 Å². The topological polar surface area (TPSA) is 86.2 Å². The third kappa shape index (κ3) is 4.08. The van der Waals surface area contributed by atoms with Gasteiger partial charge in [0.25, 0.3) is 5.91 Å². The predicted molar refractivity (Wildman–Crippen MR) is 101 cm³/mol. The Hall–Kier alpha value is -3.35. The van der Waals surface area contributed by atoms with Crippen molar-refractivity contribution in [1.82, 2.24) is 0 Å². The van der Waals surface area contributed by atoms with Gasteiger partial charge in [-0.05, 0) is 49.4 Å². The second kappa shape index (κ2) is 7.90. The smallest absolute Gasteiger partial charge is 0.268 e. The van der Waals surface area contributed by atoms with Crippen LogP contribution >= 0.6 is 0 Å². The molecule has 1 aliphatic heterocycles. The average molecular weight is 368 g/mol. The molecular weight excluding hydrogens is 348 g/mol. The molecule has 1 aliphatic rings. The average Bonchev–Trinajstić information content (AvgIpc) is 3.18. The lowest BCUT2D eigenvalue weighted by Gasteiger charge is -2.11. The SMILES string of the molecule is COc1ccc(OC)c(C2=NOC(C(=O)Nc3ccc(C(C)=O)cc3)C2)c1. The number of nitrogens with one attached hydrogen (secondary N) is 1. The van der Waals surface area contributed by atoms with E-state index in [1.807, 2.05) is 0 Å². The van der Waals surface area contributed by atoms with Gasteiger partial charge >= 0.3 is 0 Å². The molecule has 0 saturated heterocycles. The van der Waals surface area contributed by atoms with Crippen LogP contribution in [0, 0.1) is 0 Å². The Balaban J connectivity index is 1.68. The van der Waals surface area contributed by atoms with Crippen LogP contribution in [0.4, 0.5) is 5.69 Å². The monoisotopic (exact) mass is 368 g/mol. The fourth-order valence-corrected chi connectivity index (χ4v) is 2.73. The van der Waals surface area contributed by atoms with Crippen molar-refractivity contribution in [3.05, 3.63) is 53.6 Å². The first-order valence-corrected chi connectivity index (χ1v) is 8.38. The highest BCUT2D eigenvalue weighted by Crippen LogP contribution is 2.29. The summed E-state index contributed by atoms with van der Waals surface area (Å²) in [5.74, 6) is 0.939. The van der Waals surface area contributed by atoms with Crippen molar-refractivity contribution in [3.63, 3.8) is 0 Å². The number of hydrogen-bond donors (Lipinski definition) is 1. The standard InChI is InChI=1S/C20H20N2O5/c1-12(23)13-4-6-14(7-5-13)21-20(24)19-11-17(22-27-19)16-10-15(25-2)8-9-18(16)26-3/h4-10,19H,11H2,1-3H3,(H,21,24). The predicted octanol–water partition coefficient (Wildman–Crippen LogP) is 3.04. The van der Waals surface area contributed by atoms with Crippen molar-refractivity contribution in [1.29, 1.82) is 0 Å². The van der Waals surface area contributed by atoms with Crippen molar-refractivity contribution in [2.24, 2.45) is 5.16 Å². The minimum Gasteiger partial charge on any atom is -0.497 e. The molecule has 1 amide bonds. The van der Waals surface area contributed by atoms with Crippen molar-refractivity contribution in [3.8, 4) is 11.5 Å². The summed E-state index contributed by atoms with van der Waals surface area (Å²) in [6.45, 7) is 1.49. The summed E-state index contributed by atoms with van der Waals surface area (Å²) in [7, 11) is 3.14. The Morgan fingerprint density at radius 1 is 1.11 bits per heavy atom. The van der Waals surface area contributed by atoms with Crippen LogP contribution in [0.2, 0.25) is 0 Å². The molecule has 1 N–H and O–H groups in total. The van der Waals surface area contributed by atoms with Gasteiger partial charge in [-0.3, -0.25) is 9.59 Å². The maximum Gasteiger partial charge on any atom is 0.268 e. The Kier molecular flexibility index (Phi) is 5.40. The van der Waals surface area contributed by atoms with Gasteiger partial charge in [-0.15, -0.1) is 0 Å². The Labute approximate surface area is 156 Å². The maximum absolute atomic E-state index is 12.5. The van der Waals surface area contributed by atoms with Gasteiger partial charge in [0.05, 0.1) is 19.9 Å². The molecular formula is C20H20N2O5. The fraction of sp³-hybridized carbons (Fsp3) is 0.250. The van der Waals surface area contributed by atoms with Crippen molar-refractivity contribution < 1.29 is 23.9 Å². The van der Waals surface area contributed by atoms with Gasteiger partial charge in [-0.1, -0.05) is 5.16 Å². The number of benzene rings is 2. The van der Waals surface area contributed by atoms with Crippen LogP contribution in [0.1, 0.15) is 29.3 Å². The molecule has 0 bridgehead atoms. The van der Waals surface area contributed by atoms with E-state index >= 15 is 0 Å². The first-order valence-electron chi connectivity index (χ1n) is 8.38. The zero-order valence-corrected chi connectivity index (χ0v) is 15.3. The molecule has 7 heteroatoms. The number of amides is 1. The number of carbonyl (C=O) groups excluding carboxylic acids is 2. The first-order chi connectivity index (χ1) is 13.0. The third-order valence-corrected chi connectivity index (χ3v) is 4.24. The molecule has 3 rings (SSSR count). The lowest BCUT2D eigenvalue weighted by Crippen LogP contribution is -2.28. The summed E-state index contributed by atoms with van der Waals surface area (Å²) >= 11 is 0. The van der Waals surface area contributed by atoms with E-state index in [9.17, 15) is 9.59 Å². The van der Waals surface area contributed by atoms with Crippen LogP contribution in [0.25, 0.3) is 0 Å². The molecule has 0 saturated carbocycles. The number of ketones is 1.